The van der Waals surface area contributed by atoms with E-state index in [9.17, 15) is 0 Å². The van der Waals surface area contributed by atoms with E-state index in [0.29, 0.717) is 0 Å². The van der Waals surface area contributed by atoms with Crippen LogP contribution in [0.1, 0.15) is 0 Å². The van der Waals surface area contributed by atoms with E-state index in [1.807, 2.05) is 40.8 Å². The topological polar surface area (TPSA) is 26.5 Å². The number of nitrogens with zero attached hydrogens (tertiary/aromatic N) is 2. The summed E-state index contributed by atoms with van der Waals surface area (Å²) in [7, 11) is 1.67. The third kappa shape index (κ3) is 1.69. The molecule has 2 aromatic heterocycles. The zero-order valence-electron chi connectivity index (χ0n) is 10.8. The Bertz CT molecular complexity index is 890. The molecule has 1 radical (unpaired) electrons. The van der Waals surface area contributed by atoms with E-state index in [0.717, 1.165) is 27.5 Å². The highest BCUT2D eigenvalue weighted by Gasteiger charge is 2.10. The van der Waals surface area contributed by atoms with E-state index in [1.54, 1.807) is 18.4 Å². The maximum atomic E-state index is 5.17. The van der Waals surface area contributed by atoms with Gasteiger partial charge in [-0.25, -0.2) is 4.98 Å². The zero-order valence-corrected chi connectivity index (χ0v) is 11.6. The molecule has 3 nitrogen and oxygen atoms in total. The molecule has 2 heterocycles. The van der Waals surface area contributed by atoms with Crippen LogP contribution in [0.15, 0.2) is 48.5 Å². The molecule has 0 N–H and O–H groups in total. The first-order valence-electron chi connectivity index (χ1n) is 6.29. The van der Waals surface area contributed by atoms with E-state index in [4.69, 9.17) is 4.74 Å². The van der Waals surface area contributed by atoms with Crippen LogP contribution in [0.2, 0.25) is 0 Å². The molecule has 0 atom stereocenters. The fraction of sp³-hybridized carbons (Fsp3) is 0.0625. The summed E-state index contributed by atoms with van der Waals surface area (Å²) in [6, 6.07) is 16.2. The molecule has 0 fully saturated rings. The van der Waals surface area contributed by atoms with Crippen LogP contribution in [0.4, 0.5) is 0 Å². The first-order chi connectivity index (χ1) is 9.85. The van der Waals surface area contributed by atoms with Crippen LogP contribution in [0.3, 0.4) is 0 Å². The average molecular weight is 279 g/mol. The molecule has 0 aliphatic heterocycles. The molecule has 0 saturated carbocycles. The second kappa shape index (κ2) is 4.35. The molecule has 0 aliphatic carbocycles. The van der Waals surface area contributed by atoms with E-state index in [-0.39, 0.29) is 0 Å². The smallest absolute Gasteiger partial charge is 0.195 e. The molecule has 0 amide bonds. The van der Waals surface area contributed by atoms with Gasteiger partial charge in [-0.3, -0.25) is 4.40 Å². The number of hydrogen-bond donors (Lipinski definition) is 0. The second-order valence-corrected chi connectivity index (χ2v) is 5.50. The van der Waals surface area contributed by atoms with E-state index >= 15 is 0 Å². The van der Waals surface area contributed by atoms with Crippen LogP contribution < -0.4 is 4.74 Å². The minimum Gasteiger partial charge on any atom is -0.497 e. The molecule has 0 unspecified atom stereocenters. The summed E-state index contributed by atoms with van der Waals surface area (Å²) in [5, 5.41) is 0. The maximum absolute atomic E-state index is 5.17. The molecule has 0 bridgehead atoms. The molecule has 4 rings (SSSR count). The highest BCUT2D eigenvalue weighted by molar-refractivity contribution is 7.23. The number of aromatic nitrogens is 2. The number of fused-ring (bicyclic) bond motifs is 3. The van der Waals surface area contributed by atoms with Crippen molar-refractivity contribution in [3.05, 3.63) is 54.7 Å². The lowest BCUT2D eigenvalue weighted by Gasteiger charge is -1.99. The van der Waals surface area contributed by atoms with Gasteiger partial charge >= 0.3 is 0 Å². The minimum absolute atomic E-state index is 0.847. The Balaban J connectivity index is 1.87. The van der Waals surface area contributed by atoms with E-state index < -0.39 is 0 Å². The predicted molar refractivity (Wildman–Crippen MR) is 81.4 cm³/mol. The van der Waals surface area contributed by atoms with Gasteiger partial charge in [0.1, 0.15) is 11.9 Å². The maximum Gasteiger partial charge on any atom is 0.195 e. The molecule has 20 heavy (non-hydrogen) atoms. The lowest BCUT2D eigenvalue weighted by Crippen LogP contribution is -1.83. The number of para-hydroxylation sites is 1. The standard InChI is InChI=1S/C16H11N2OS/c1-19-12-8-6-11(7-9-12)13-10-18-14-4-2-3-5-15(14)20-16(18)17-13/h2-9H,1H3. The minimum atomic E-state index is 0.847. The van der Waals surface area contributed by atoms with Gasteiger partial charge in [-0.15, -0.1) is 0 Å². The Hall–Kier alpha value is -2.33. The van der Waals surface area contributed by atoms with Gasteiger partial charge in [0.25, 0.3) is 0 Å². The van der Waals surface area contributed by atoms with Crippen molar-refractivity contribution in [1.82, 2.24) is 9.38 Å². The average Bonchev–Trinajstić information content (AvgIpc) is 3.05. The van der Waals surface area contributed by atoms with Gasteiger partial charge in [-0.05, 0) is 36.4 Å². The van der Waals surface area contributed by atoms with Crippen LogP contribution in [-0.4, -0.2) is 16.5 Å². The van der Waals surface area contributed by atoms with Crippen LogP contribution in [0, 0.1) is 6.20 Å². The zero-order chi connectivity index (χ0) is 13.5. The number of hydrogen-bond acceptors (Lipinski definition) is 3. The van der Waals surface area contributed by atoms with Crippen molar-refractivity contribution in [2.75, 3.05) is 7.11 Å². The molecular formula is C16H11N2OS. The normalized spacial score (nSPS) is 11.2. The number of benzene rings is 2. The number of methoxy groups -OCH3 is 1. The Morgan fingerprint density at radius 2 is 1.90 bits per heavy atom. The SMILES string of the molecule is COc1ccc(-c2[c]n3c(n2)sc2ccccc23)cc1. The number of imidazole rings is 1. The van der Waals surface area contributed by atoms with Gasteiger partial charge < -0.3 is 4.74 Å². The highest BCUT2D eigenvalue weighted by Crippen LogP contribution is 2.29. The van der Waals surface area contributed by atoms with Crippen LogP contribution >= 0.6 is 11.3 Å². The lowest BCUT2D eigenvalue weighted by molar-refractivity contribution is 0.415. The molecule has 4 heteroatoms. The number of thiazole rings is 1. The van der Waals surface area contributed by atoms with Gasteiger partial charge in [0.15, 0.2) is 4.96 Å². The van der Waals surface area contributed by atoms with Crippen molar-refractivity contribution < 1.29 is 4.74 Å². The third-order valence-electron chi connectivity index (χ3n) is 3.29. The van der Waals surface area contributed by atoms with E-state index in [1.165, 1.54) is 4.70 Å². The van der Waals surface area contributed by atoms with Crippen LogP contribution in [0.25, 0.3) is 26.4 Å². The van der Waals surface area contributed by atoms with Gasteiger partial charge in [0, 0.05) is 5.56 Å². The lowest BCUT2D eigenvalue weighted by atomic mass is 10.2. The van der Waals surface area contributed by atoms with Crippen molar-refractivity contribution in [1.29, 1.82) is 0 Å². The highest BCUT2D eigenvalue weighted by atomic mass is 32.1. The quantitative estimate of drug-likeness (QED) is 0.554. The van der Waals surface area contributed by atoms with Crippen molar-refractivity contribution >= 4 is 26.5 Å². The molecule has 97 valence electrons. The number of ether oxygens (including phenoxy) is 1. The summed E-state index contributed by atoms with van der Waals surface area (Å²) >= 11 is 1.68. The first-order valence-corrected chi connectivity index (χ1v) is 7.10. The largest absolute Gasteiger partial charge is 0.497 e. The molecule has 0 aliphatic rings. The summed E-state index contributed by atoms with van der Waals surface area (Å²) in [5.41, 5.74) is 3.06. The summed E-state index contributed by atoms with van der Waals surface area (Å²) in [6.07, 6.45) is 3.35. The molecule has 0 spiro atoms. The van der Waals surface area contributed by atoms with Gasteiger partial charge in [-0.1, -0.05) is 23.5 Å². The summed E-state index contributed by atoms with van der Waals surface area (Å²) in [6.45, 7) is 0. The fourth-order valence-corrected chi connectivity index (χ4v) is 3.24. The van der Waals surface area contributed by atoms with Crippen molar-refractivity contribution in [2.45, 2.75) is 0 Å². The molecular weight excluding hydrogens is 268 g/mol. The fourth-order valence-electron chi connectivity index (χ4n) is 2.26. The number of rotatable bonds is 2. The second-order valence-electron chi connectivity index (χ2n) is 4.49. The molecule has 2 aromatic carbocycles. The summed E-state index contributed by atoms with van der Waals surface area (Å²) in [4.78, 5) is 5.63. The summed E-state index contributed by atoms with van der Waals surface area (Å²) < 4.78 is 8.43. The Morgan fingerprint density at radius 1 is 1.10 bits per heavy atom. The molecule has 0 saturated heterocycles. The first kappa shape index (κ1) is 11.5. The van der Waals surface area contributed by atoms with Crippen molar-refractivity contribution in [3.8, 4) is 17.0 Å². The summed E-state index contributed by atoms with van der Waals surface area (Å²) in [5.74, 6) is 0.847. The predicted octanol–water partition coefficient (Wildman–Crippen LogP) is 4.02. The van der Waals surface area contributed by atoms with E-state index in [2.05, 4.69) is 23.3 Å². The van der Waals surface area contributed by atoms with Crippen LogP contribution in [0.5, 0.6) is 5.75 Å². The van der Waals surface area contributed by atoms with Crippen LogP contribution in [-0.2, 0) is 0 Å². The van der Waals surface area contributed by atoms with Crippen molar-refractivity contribution in [2.24, 2.45) is 0 Å². The Morgan fingerprint density at radius 3 is 2.70 bits per heavy atom. The third-order valence-corrected chi connectivity index (χ3v) is 4.31. The van der Waals surface area contributed by atoms with Gasteiger partial charge in [0.05, 0.1) is 23.0 Å². The Kier molecular flexibility index (Phi) is 2.50. The Labute approximate surface area is 120 Å². The monoisotopic (exact) mass is 279 g/mol. The van der Waals surface area contributed by atoms with Crippen molar-refractivity contribution in [3.63, 3.8) is 0 Å². The van der Waals surface area contributed by atoms with Gasteiger partial charge in [-0.2, -0.15) is 0 Å². The van der Waals surface area contributed by atoms with Gasteiger partial charge in [0.2, 0.25) is 0 Å². The molecule has 4 aromatic rings.